The van der Waals surface area contributed by atoms with Crippen molar-refractivity contribution in [3.63, 3.8) is 0 Å². The molecule has 0 heterocycles. The SMILES string of the molecule is CCOc1ccc(S(=O)(=O)Nc2ccc(NS(C)(=O)=O)c(Cl)c2)cc1. The van der Waals surface area contributed by atoms with Gasteiger partial charge in [-0.3, -0.25) is 9.44 Å². The zero-order valence-corrected chi connectivity index (χ0v) is 15.9. The van der Waals surface area contributed by atoms with Gasteiger partial charge in [0.15, 0.2) is 0 Å². The van der Waals surface area contributed by atoms with Gasteiger partial charge in [0.2, 0.25) is 10.0 Å². The van der Waals surface area contributed by atoms with Crippen molar-refractivity contribution in [2.24, 2.45) is 0 Å². The van der Waals surface area contributed by atoms with Gasteiger partial charge in [-0.1, -0.05) is 11.6 Å². The fraction of sp³-hybridized carbons (Fsp3) is 0.200. The van der Waals surface area contributed by atoms with E-state index < -0.39 is 20.0 Å². The Morgan fingerprint density at radius 1 is 1.00 bits per heavy atom. The van der Waals surface area contributed by atoms with Crippen LogP contribution in [-0.4, -0.2) is 29.7 Å². The lowest BCUT2D eigenvalue weighted by atomic mass is 10.3. The Morgan fingerprint density at radius 3 is 2.16 bits per heavy atom. The van der Waals surface area contributed by atoms with Crippen molar-refractivity contribution in [1.29, 1.82) is 0 Å². The second-order valence-corrected chi connectivity index (χ2v) is 8.92. The third-order valence-corrected chi connectivity index (χ3v) is 5.26. The maximum atomic E-state index is 12.4. The summed E-state index contributed by atoms with van der Waals surface area (Å²) in [6.45, 7) is 2.31. The molecular weight excluding hydrogens is 388 g/mol. The van der Waals surface area contributed by atoms with Crippen LogP contribution in [0.5, 0.6) is 5.75 Å². The van der Waals surface area contributed by atoms with Crippen LogP contribution >= 0.6 is 11.6 Å². The number of sulfonamides is 2. The third kappa shape index (κ3) is 5.52. The first-order valence-electron chi connectivity index (χ1n) is 7.14. The summed E-state index contributed by atoms with van der Waals surface area (Å²) >= 11 is 5.99. The summed E-state index contributed by atoms with van der Waals surface area (Å²) in [5.74, 6) is 0.570. The van der Waals surface area contributed by atoms with Gasteiger partial charge in [-0.05, 0) is 49.4 Å². The van der Waals surface area contributed by atoms with E-state index in [0.717, 1.165) is 6.26 Å². The molecule has 0 aliphatic carbocycles. The lowest BCUT2D eigenvalue weighted by molar-refractivity contribution is 0.340. The minimum absolute atomic E-state index is 0.0606. The molecule has 0 aliphatic heterocycles. The summed E-state index contributed by atoms with van der Waals surface area (Å²) < 4.78 is 57.1. The average Bonchev–Trinajstić information content (AvgIpc) is 2.49. The molecule has 0 aliphatic rings. The molecule has 136 valence electrons. The first-order valence-corrected chi connectivity index (χ1v) is 10.9. The van der Waals surface area contributed by atoms with Crippen LogP contribution in [0.25, 0.3) is 0 Å². The summed E-state index contributed by atoms with van der Waals surface area (Å²) in [6.07, 6.45) is 0.992. The quantitative estimate of drug-likeness (QED) is 0.738. The average molecular weight is 405 g/mol. The molecule has 0 fully saturated rings. The fourth-order valence-electron chi connectivity index (χ4n) is 1.96. The number of hydrogen-bond donors (Lipinski definition) is 2. The molecule has 25 heavy (non-hydrogen) atoms. The van der Waals surface area contributed by atoms with Crippen LogP contribution in [0.1, 0.15) is 6.92 Å². The van der Waals surface area contributed by atoms with Crippen molar-refractivity contribution in [3.05, 3.63) is 47.5 Å². The van der Waals surface area contributed by atoms with Crippen molar-refractivity contribution >= 4 is 43.0 Å². The lowest BCUT2D eigenvalue weighted by Gasteiger charge is -2.11. The van der Waals surface area contributed by atoms with Gasteiger partial charge in [0.1, 0.15) is 5.75 Å². The van der Waals surface area contributed by atoms with E-state index in [1.807, 2.05) is 6.92 Å². The molecule has 0 atom stereocenters. The molecule has 10 heteroatoms. The van der Waals surface area contributed by atoms with E-state index >= 15 is 0 Å². The molecule has 7 nitrogen and oxygen atoms in total. The Bertz CT molecular complexity index is 958. The summed E-state index contributed by atoms with van der Waals surface area (Å²) in [6, 6.07) is 10.1. The predicted octanol–water partition coefficient (Wildman–Crippen LogP) is 2.91. The van der Waals surface area contributed by atoms with Crippen LogP contribution in [-0.2, 0) is 20.0 Å². The minimum Gasteiger partial charge on any atom is -0.494 e. The van der Waals surface area contributed by atoms with E-state index in [1.165, 1.54) is 30.3 Å². The van der Waals surface area contributed by atoms with Gasteiger partial charge in [-0.25, -0.2) is 16.8 Å². The Labute approximate surface area is 152 Å². The minimum atomic E-state index is -3.81. The van der Waals surface area contributed by atoms with Crippen molar-refractivity contribution in [2.45, 2.75) is 11.8 Å². The van der Waals surface area contributed by atoms with E-state index in [1.54, 1.807) is 12.1 Å². The Kier molecular flexibility index (Phi) is 5.81. The van der Waals surface area contributed by atoms with Crippen molar-refractivity contribution in [1.82, 2.24) is 0 Å². The highest BCUT2D eigenvalue weighted by molar-refractivity contribution is 7.92. The van der Waals surface area contributed by atoms with E-state index in [-0.39, 0.29) is 21.3 Å². The van der Waals surface area contributed by atoms with Crippen LogP contribution in [0.2, 0.25) is 5.02 Å². The van der Waals surface area contributed by atoms with E-state index in [4.69, 9.17) is 16.3 Å². The monoisotopic (exact) mass is 404 g/mol. The number of benzene rings is 2. The fourth-order valence-corrected chi connectivity index (χ4v) is 3.87. The van der Waals surface area contributed by atoms with Crippen LogP contribution < -0.4 is 14.2 Å². The standard InChI is InChI=1S/C15H17ClN2O5S2/c1-3-23-12-5-7-13(8-6-12)25(21,22)17-11-4-9-15(14(16)10-11)18-24(2,19)20/h4-10,17-18H,3H2,1-2H3. The van der Waals surface area contributed by atoms with Gasteiger partial charge in [0, 0.05) is 0 Å². The van der Waals surface area contributed by atoms with E-state index in [2.05, 4.69) is 9.44 Å². The number of anilines is 2. The first kappa shape index (κ1) is 19.4. The second-order valence-electron chi connectivity index (χ2n) is 5.08. The summed E-state index contributed by atoms with van der Waals surface area (Å²) in [7, 11) is -7.30. The Balaban J connectivity index is 2.21. The maximum absolute atomic E-state index is 12.4. The van der Waals surface area contributed by atoms with Crippen molar-refractivity contribution < 1.29 is 21.6 Å². The van der Waals surface area contributed by atoms with Gasteiger partial charge in [0.25, 0.3) is 10.0 Å². The molecule has 0 amide bonds. The molecule has 2 aromatic rings. The second kappa shape index (κ2) is 7.51. The van der Waals surface area contributed by atoms with Crippen molar-refractivity contribution in [2.75, 3.05) is 22.3 Å². The third-order valence-electron chi connectivity index (χ3n) is 2.96. The first-order chi connectivity index (χ1) is 11.6. The van der Waals surface area contributed by atoms with Crippen LogP contribution in [0, 0.1) is 0 Å². The summed E-state index contributed by atoms with van der Waals surface area (Å²) in [5, 5.41) is 0.0670. The van der Waals surface area contributed by atoms with Gasteiger partial charge >= 0.3 is 0 Å². The highest BCUT2D eigenvalue weighted by Crippen LogP contribution is 2.27. The highest BCUT2D eigenvalue weighted by Gasteiger charge is 2.15. The molecule has 0 spiro atoms. The largest absolute Gasteiger partial charge is 0.494 e. The number of ether oxygens (including phenoxy) is 1. The normalized spacial score (nSPS) is 11.8. The van der Waals surface area contributed by atoms with Crippen LogP contribution in [0.3, 0.4) is 0 Å². The molecule has 2 rings (SSSR count). The maximum Gasteiger partial charge on any atom is 0.261 e. The summed E-state index contributed by atoms with van der Waals surface area (Å²) in [5.41, 5.74) is 0.367. The molecule has 0 radical (unpaired) electrons. The molecule has 0 unspecified atom stereocenters. The van der Waals surface area contributed by atoms with Gasteiger partial charge in [-0.2, -0.15) is 0 Å². The van der Waals surface area contributed by atoms with Gasteiger partial charge in [0.05, 0.1) is 34.2 Å². The van der Waals surface area contributed by atoms with Gasteiger partial charge < -0.3 is 4.74 Å². The molecule has 0 bridgehead atoms. The van der Waals surface area contributed by atoms with Crippen molar-refractivity contribution in [3.8, 4) is 5.75 Å². The summed E-state index contributed by atoms with van der Waals surface area (Å²) in [4.78, 5) is 0.0606. The van der Waals surface area contributed by atoms with E-state index in [0.29, 0.717) is 12.4 Å². The Hall–Kier alpha value is -1.97. The topological polar surface area (TPSA) is 102 Å². The van der Waals surface area contributed by atoms with E-state index in [9.17, 15) is 16.8 Å². The highest BCUT2D eigenvalue weighted by atomic mass is 35.5. The predicted molar refractivity (Wildman–Crippen MR) is 98.3 cm³/mol. The smallest absolute Gasteiger partial charge is 0.261 e. The zero-order chi connectivity index (χ0) is 18.7. The number of nitrogens with one attached hydrogen (secondary N) is 2. The molecule has 0 aromatic heterocycles. The molecular formula is C15H17ClN2O5S2. The lowest BCUT2D eigenvalue weighted by Crippen LogP contribution is -2.13. The molecule has 0 saturated heterocycles. The Morgan fingerprint density at radius 2 is 1.64 bits per heavy atom. The molecule has 2 aromatic carbocycles. The molecule has 0 saturated carbocycles. The molecule has 2 N–H and O–H groups in total. The number of hydrogen-bond acceptors (Lipinski definition) is 5. The number of halogens is 1. The van der Waals surface area contributed by atoms with Gasteiger partial charge in [-0.15, -0.1) is 0 Å². The zero-order valence-electron chi connectivity index (χ0n) is 13.5. The van der Waals surface area contributed by atoms with Crippen LogP contribution in [0.15, 0.2) is 47.4 Å². The number of rotatable bonds is 7. The van der Waals surface area contributed by atoms with Crippen LogP contribution in [0.4, 0.5) is 11.4 Å².